The minimum atomic E-state index is -0.358. The maximum Gasteiger partial charge on any atom is 0.291 e. The van der Waals surface area contributed by atoms with Crippen LogP contribution in [0.25, 0.3) is 22.5 Å². The van der Waals surface area contributed by atoms with Gasteiger partial charge >= 0.3 is 0 Å². The Morgan fingerprint density at radius 1 is 1.08 bits per heavy atom. The molecule has 1 saturated heterocycles. The largest absolute Gasteiger partial charge is 0.481 e. The van der Waals surface area contributed by atoms with Gasteiger partial charge in [-0.05, 0) is 38.5 Å². The van der Waals surface area contributed by atoms with Gasteiger partial charge in [0.05, 0.1) is 50.6 Å². The number of rotatable bonds is 11. The van der Waals surface area contributed by atoms with Crippen LogP contribution >= 0.6 is 34.5 Å². The third kappa shape index (κ3) is 7.42. The number of nitrogens with zero attached hydrogens (tertiary/aromatic N) is 6. The van der Waals surface area contributed by atoms with Gasteiger partial charge in [-0.15, -0.1) is 11.3 Å². The normalized spacial score (nSPS) is 15.8. The molecule has 0 unspecified atom stereocenters. The van der Waals surface area contributed by atoms with E-state index in [-0.39, 0.29) is 17.9 Å². The summed E-state index contributed by atoms with van der Waals surface area (Å²) in [7, 11) is 3.45. The fourth-order valence-electron chi connectivity index (χ4n) is 6.80. The van der Waals surface area contributed by atoms with E-state index in [1.807, 2.05) is 43.7 Å². The number of carbonyl (C=O) groups excluding carboxylic acids is 2. The molecule has 52 heavy (non-hydrogen) atoms. The third-order valence-corrected chi connectivity index (χ3v) is 11.3. The van der Waals surface area contributed by atoms with Gasteiger partial charge in [0, 0.05) is 92.1 Å². The predicted molar refractivity (Wildman–Crippen MR) is 203 cm³/mol. The second kappa shape index (κ2) is 15.3. The number of anilines is 1. The number of methoxy groups -OCH3 is 1. The number of aromatic nitrogens is 5. The Morgan fingerprint density at radius 3 is 2.67 bits per heavy atom. The summed E-state index contributed by atoms with van der Waals surface area (Å²) < 4.78 is 7.50. The molecule has 4 aromatic heterocycles. The van der Waals surface area contributed by atoms with Crippen LogP contribution in [0.15, 0.2) is 42.6 Å². The highest BCUT2D eigenvalue weighted by Gasteiger charge is 2.27. The zero-order valence-electron chi connectivity index (χ0n) is 29.3. The molecule has 0 aliphatic carbocycles. The topological polar surface area (TPSA) is 139 Å². The Kier molecular flexibility index (Phi) is 10.6. The number of hydrogen-bond donors (Lipinski definition) is 3. The molecular formula is C37H39Cl2N9O3S. The van der Waals surface area contributed by atoms with Crippen LogP contribution in [0.5, 0.6) is 5.88 Å². The molecule has 2 aliphatic rings. The summed E-state index contributed by atoms with van der Waals surface area (Å²) in [6, 6.07) is 11.1. The number of ether oxygens (including phenoxy) is 1. The van der Waals surface area contributed by atoms with E-state index in [9.17, 15) is 9.59 Å². The first kappa shape index (κ1) is 36.0. The molecule has 1 atom stereocenters. The monoisotopic (exact) mass is 759 g/mol. The summed E-state index contributed by atoms with van der Waals surface area (Å²) in [6.45, 7) is 7.60. The summed E-state index contributed by atoms with van der Waals surface area (Å²) in [5.41, 5.74) is 6.58. The Labute approximate surface area is 316 Å². The molecule has 15 heteroatoms. The Morgan fingerprint density at radius 2 is 1.92 bits per heavy atom. The number of benzene rings is 1. The van der Waals surface area contributed by atoms with Gasteiger partial charge < -0.3 is 25.3 Å². The molecule has 3 N–H and O–H groups in total. The van der Waals surface area contributed by atoms with Gasteiger partial charge in [0.1, 0.15) is 0 Å². The minimum absolute atomic E-state index is 0.0883. The van der Waals surface area contributed by atoms with Crippen molar-refractivity contribution in [3.63, 3.8) is 0 Å². The number of nitrogens with one attached hydrogen (secondary N) is 3. The van der Waals surface area contributed by atoms with Crippen LogP contribution in [0.1, 0.15) is 56.0 Å². The molecule has 5 aromatic rings. The van der Waals surface area contributed by atoms with Gasteiger partial charge in [0.25, 0.3) is 5.91 Å². The van der Waals surface area contributed by atoms with Crippen LogP contribution in [0, 0.1) is 13.8 Å². The van der Waals surface area contributed by atoms with Crippen LogP contribution < -0.4 is 20.7 Å². The predicted octanol–water partition coefficient (Wildman–Crippen LogP) is 6.11. The lowest BCUT2D eigenvalue weighted by Gasteiger charge is -2.26. The van der Waals surface area contributed by atoms with E-state index in [0.717, 1.165) is 53.6 Å². The van der Waals surface area contributed by atoms with E-state index in [2.05, 4.69) is 30.8 Å². The zero-order valence-corrected chi connectivity index (χ0v) is 31.7. The highest BCUT2D eigenvalue weighted by molar-refractivity contribution is 7.11. The lowest BCUT2D eigenvalue weighted by atomic mass is 10.1. The quantitative estimate of drug-likeness (QED) is 0.146. The Balaban J connectivity index is 1.07. The maximum atomic E-state index is 13.7. The molecule has 12 nitrogen and oxygen atoms in total. The molecule has 0 saturated carbocycles. The summed E-state index contributed by atoms with van der Waals surface area (Å²) >= 11 is 15.7. The van der Waals surface area contributed by atoms with Gasteiger partial charge in [-0.1, -0.05) is 41.4 Å². The van der Waals surface area contributed by atoms with E-state index in [1.54, 1.807) is 42.8 Å². The number of imidazole rings is 1. The standard InChI is InChI=1S/C37H39Cl2N9O3S/c1-20-30(52-21(2)42-20)19-48-15-13-29-28(18-48)44-35(47(29)3)36(50)45-27-7-5-6-25(32(27)38)34-33(39)24(12-14-41-34)26-10-8-22(37(46-26)51-4)16-40-17-23-9-11-31(49)43-23/h5-8,10,12,14,23,40H,9,11,13,15-19H2,1-4H3,(H,43,49)(H,45,50)/t23-/m0/s1. The average molecular weight is 761 g/mol. The molecule has 2 aliphatic heterocycles. The van der Waals surface area contributed by atoms with Crippen LogP contribution in [-0.4, -0.2) is 67.5 Å². The average Bonchev–Trinajstić information content (AvgIpc) is 3.80. The zero-order chi connectivity index (χ0) is 36.5. The molecule has 6 heterocycles. The summed E-state index contributed by atoms with van der Waals surface area (Å²) in [6.07, 6.45) is 3.83. The molecule has 0 spiro atoms. The second-order valence-corrected chi connectivity index (χ2v) is 15.1. The van der Waals surface area contributed by atoms with Gasteiger partial charge in [-0.25, -0.2) is 15.0 Å². The molecule has 1 fully saturated rings. The Bertz CT molecular complexity index is 2170. The smallest absolute Gasteiger partial charge is 0.291 e. The van der Waals surface area contributed by atoms with E-state index in [1.165, 1.54) is 4.88 Å². The van der Waals surface area contributed by atoms with Crippen LogP contribution in [-0.2, 0) is 37.9 Å². The van der Waals surface area contributed by atoms with E-state index in [4.69, 9.17) is 37.9 Å². The first-order valence-corrected chi connectivity index (χ1v) is 18.7. The minimum Gasteiger partial charge on any atom is -0.481 e. The third-order valence-electron chi connectivity index (χ3n) is 9.50. The van der Waals surface area contributed by atoms with Gasteiger partial charge in [-0.2, -0.15) is 0 Å². The van der Waals surface area contributed by atoms with E-state index >= 15 is 0 Å². The lowest BCUT2D eigenvalue weighted by Crippen LogP contribution is -2.35. The molecule has 7 rings (SSSR count). The van der Waals surface area contributed by atoms with Crippen LogP contribution in [0.4, 0.5) is 5.69 Å². The number of carbonyl (C=O) groups is 2. The fourth-order valence-corrected chi connectivity index (χ4v) is 8.36. The molecule has 2 amide bonds. The first-order valence-electron chi connectivity index (χ1n) is 17.1. The number of amides is 2. The van der Waals surface area contributed by atoms with Gasteiger partial charge in [-0.3, -0.25) is 19.5 Å². The molecular weight excluding hydrogens is 721 g/mol. The van der Waals surface area contributed by atoms with Crippen molar-refractivity contribution in [2.75, 3.05) is 25.5 Å². The van der Waals surface area contributed by atoms with Crippen molar-refractivity contribution in [2.45, 2.75) is 58.8 Å². The Hall–Kier alpha value is -4.40. The SMILES string of the molecule is COc1nc(-c2ccnc(-c3cccc(NC(=O)c4nc5c(n4C)CCN(Cc4sc(C)nc4C)C5)c3Cl)c2Cl)ccc1CNC[C@@H]1CCC(=O)N1. The van der Waals surface area contributed by atoms with Crippen LogP contribution in [0.3, 0.4) is 0 Å². The van der Waals surface area contributed by atoms with Crippen molar-refractivity contribution in [3.05, 3.63) is 91.0 Å². The van der Waals surface area contributed by atoms with Crippen molar-refractivity contribution in [1.29, 1.82) is 0 Å². The number of fused-ring (bicyclic) bond motifs is 1. The number of thiazole rings is 1. The summed E-state index contributed by atoms with van der Waals surface area (Å²) in [5, 5.41) is 11.0. The number of pyridine rings is 2. The summed E-state index contributed by atoms with van der Waals surface area (Å²) in [4.78, 5) is 47.4. The van der Waals surface area contributed by atoms with Crippen LogP contribution in [0.2, 0.25) is 10.0 Å². The highest BCUT2D eigenvalue weighted by Crippen LogP contribution is 2.40. The molecule has 1 aromatic carbocycles. The molecule has 270 valence electrons. The van der Waals surface area contributed by atoms with Gasteiger partial charge in [0.15, 0.2) is 5.82 Å². The maximum absolute atomic E-state index is 13.7. The van der Waals surface area contributed by atoms with Crippen molar-refractivity contribution in [2.24, 2.45) is 7.05 Å². The number of halogens is 2. The van der Waals surface area contributed by atoms with Crippen molar-refractivity contribution >= 4 is 52.0 Å². The lowest BCUT2D eigenvalue weighted by molar-refractivity contribution is -0.119. The molecule has 0 bridgehead atoms. The van der Waals surface area contributed by atoms with Crippen molar-refractivity contribution in [3.8, 4) is 28.4 Å². The van der Waals surface area contributed by atoms with Gasteiger partial charge in [0.2, 0.25) is 11.8 Å². The van der Waals surface area contributed by atoms with Crippen molar-refractivity contribution in [1.82, 2.24) is 40.0 Å². The first-order chi connectivity index (χ1) is 25.1. The highest BCUT2D eigenvalue weighted by atomic mass is 35.5. The number of hydrogen-bond acceptors (Lipinski definition) is 10. The van der Waals surface area contributed by atoms with Crippen molar-refractivity contribution < 1.29 is 14.3 Å². The number of aryl methyl sites for hydroxylation is 2. The van der Waals surface area contributed by atoms with E-state index in [0.29, 0.717) is 76.0 Å². The van der Waals surface area contributed by atoms with E-state index < -0.39 is 0 Å². The summed E-state index contributed by atoms with van der Waals surface area (Å²) in [5.74, 6) is 0.514. The molecule has 0 radical (unpaired) electrons. The fraction of sp³-hybridized carbons (Fsp3) is 0.351. The second-order valence-electron chi connectivity index (χ2n) is 13.0.